The number of benzene rings is 5. The van der Waals surface area contributed by atoms with Crippen LogP contribution >= 0.6 is 11.6 Å². The van der Waals surface area contributed by atoms with Gasteiger partial charge in [0.25, 0.3) is 0 Å². The average Bonchev–Trinajstić information content (AvgIpc) is 3.87. The summed E-state index contributed by atoms with van der Waals surface area (Å²) in [5, 5.41) is 3.28. The number of carbonyl (C=O) groups excluding carboxylic acids is 3. The molecule has 2 fully saturated rings. The Morgan fingerprint density at radius 2 is 1.19 bits per heavy atom. The van der Waals surface area contributed by atoms with E-state index in [1.165, 1.54) is 82.6 Å². The normalized spacial score (nSPS) is 18.6. The van der Waals surface area contributed by atoms with Crippen molar-refractivity contribution in [1.82, 2.24) is 10.2 Å². The predicted molar refractivity (Wildman–Crippen MR) is 269 cm³/mol. The van der Waals surface area contributed by atoms with Crippen molar-refractivity contribution in [3.05, 3.63) is 166 Å². The zero-order valence-electron chi connectivity index (χ0n) is 39.7. The van der Waals surface area contributed by atoms with Gasteiger partial charge in [0.2, 0.25) is 5.91 Å². The van der Waals surface area contributed by atoms with E-state index in [1.54, 1.807) is 4.90 Å². The van der Waals surface area contributed by atoms with E-state index in [2.05, 4.69) is 67.7 Å². The van der Waals surface area contributed by atoms with Gasteiger partial charge in [-0.05, 0) is 64.5 Å². The van der Waals surface area contributed by atoms with Crippen molar-refractivity contribution < 1.29 is 23.9 Å². The van der Waals surface area contributed by atoms with Crippen LogP contribution in [0.4, 0.5) is 4.79 Å². The molecule has 67 heavy (non-hydrogen) atoms. The number of nitrogens with zero attached hydrogens (tertiary/aromatic N) is 1. The predicted octanol–water partition coefficient (Wildman–Crippen LogP) is 14.3. The Morgan fingerprint density at radius 3 is 1.76 bits per heavy atom. The fourth-order valence-electron chi connectivity index (χ4n) is 11.0. The van der Waals surface area contributed by atoms with E-state index in [1.807, 2.05) is 78.9 Å². The average molecular weight is 922 g/mol. The minimum absolute atomic E-state index is 0.0719. The summed E-state index contributed by atoms with van der Waals surface area (Å²) in [4.78, 5) is 45.1. The second-order valence-electron chi connectivity index (χ2n) is 20.0. The third-order valence-corrected chi connectivity index (χ3v) is 15.0. The van der Waals surface area contributed by atoms with Crippen LogP contribution in [0.1, 0.15) is 162 Å². The van der Waals surface area contributed by atoms with Gasteiger partial charge in [-0.25, -0.2) is 4.79 Å². The number of rotatable bonds is 11. The van der Waals surface area contributed by atoms with Crippen LogP contribution in [0.3, 0.4) is 0 Å². The van der Waals surface area contributed by atoms with E-state index < -0.39 is 30.1 Å². The summed E-state index contributed by atoms with van der Waals surface area (Å²) in [5.74, 6) is -0.730. The molecule has 1 aliphatic heterocycles. The van der Waals surface area contributed by atoms with E-state index >= 15 is 0 Å². The standard InChI is InChI=1S/C59H69ClN2O5/c1-58(2)38-39-62(42-58)56(64)54(61-57(65)66-41-51-49-30-20-18-28-47(49)48-29-19-21-31-50(48)51)40-55(63)67-59(45-26-16-13-17-27-45,52-32-22-23-33-53(52)60)46-36-34-44(35-37-46)43-24-14-11-9-7-5-3-4-6-8-10-12-15-25-43/h13,16-23,26-37,43,51,54H,3-12,14-15,24-25,38-42H2,1-2H3,(H,61,65)/t54-,59?/m0/s1. The third-order valence-electron chi connectivity index (χ3n) is 14.6. The summed E-state index contributed by atoms with van der Waals surface area (Å²) < 4.78 is 12.8. The molecule has 7 nitrogen and oxygen atoms in total. The summed E-state index contributed by atoms with van der Waals surface area (Å²) in [7, 11) is 0. The number of carbonyl (C=O) groups is 3. The first-order valence-electron chi connectivity index (χ1n) is 25.2. The first kappa shape index (κ1) is 48.1. The fourth-order valence-corrected chi connectivity index (χ4v) is 11.2. The molecule has 8 heteroatoms. The molecule has 0 bridgehead atoms. The molecule has 5 aromatic carbocycles. The molecule has 2 aliphatic carbocycles. The number of amides is 2. The first-order chi connectivity index (χ1) is 32.6. The van der Waals surface area contributed by atoms with Gasteiger partial charge in [-0.3, -0.25) is 9.59 Å². The molecule has 3 aliphatic rings. The smallest absolute Gasteiger partial charge is 0.407 e. The molecule has 5 aromatic rings. The Kier molecular flexibility index (Phi) is 16.2. The van der Waals surface area contributed by atoms with E-state index in [-0.39, 0.29) is 23.8 Å². The highest BCUT2D eigenvalue weighted by atomic mass is 35.5. The number of hydrogen-bond donors (Lipinski definition) is 1. The summed E-state index contributed by atoms with van der Waals surface area (Å²) in [5.41, 5.74) is 6.18. The summed E-state index contributed by atoms with van der Waals surface area (Å²) in [6, 6.07) is 40.9. The van der Waals surface area contributed by atoms with Gasteiger partial charge in [0.1, 0.15) is 12.6 Å². The van der Waals surface area contributed by atoms with Gasteiger partial charge in [0, 0.05) is 40.7 Å². The molecule has 1 heterocycles. The molecular weight excluding hydrogens is 852 g/mol. The van der Waals surface area contributed by atoms with Crippen LogP contribution in [0.15, 0.2) is 127 Å². The third kappa shape index (κ3) is 11.7. The maximum Gasteiger partial charge on any atom is 0.407 e. The van der Waals surface area contributed by atoms with E-state index in [4.69, 9.17) is 21.1 Å². The zero-order valence-corrected chi connectivity index (χ0v) is 40.4. The molecule has 1 unspecified atom stereocenters. The molecule has 2 amide bonds. The minimum Gasteiger partial charge on any atom is -0.449 e. The lowest BCUT2D eigenvalue weighted by atomic mass is 9.78. The summed E-state index contributed by atoms with van der Waals surface area (Å²) in [6.07, 6.45) is 17.6. The van der Waals surface area contributed by atoms with Crippen molar-refractivity contribution in [1.29, 1.82) is 0 Å². The van der Waals surface area contributed by atoms with Crippen LogP contribution in [0.2, 0.25) is 5.02 Å². The Labute approximate surface area is 404 Å². The number of likely N-dealkylation sites (tertiary alicyclic amines) is 1. The van der Waals surface area contributed by atoms with E-state index in [0.29, 0.717) is 35.2 Å². The highest BCUT2D eigenvalue weighted by Crippen LogP contribution is 2.46. The van der Waals surface area contributed by atoms with E-state index in [0.717, 1.165) is 47.1 Å². The van der Waals surface area contributed by atoms with Crippen LogP contribution < -0.4 is 5.32 Å². The van der Waals surface area contributed by atoms with Crippen LogP contribution in [0, 0.1) is 5.41 Å². The topological polar surface area (TPSA) is 84.9 Å². The number of fused-ring (bicyclic) bond motifs is 3. The lowest BCUT2D eigenvalue weighted by molar-refractivity contribution is -0.156. The maximum absolute atomic E-state index is 14.9. The SMILES string of the molecule is CC1(C)CCN(C(=O)[C@H](CC(=O)OC(c2ccccc2)(c2ccc(C3CCCCCCCCCCCCCC3)cc2)c2ccccc2Cl)NC(=O)OCC2c3ccccc3-c3ccccc32)C1. The molecule has 1 N–H and O–H groups in total. The quantitative estimate of drug-likeness (QED) is 0.105. The second-order valence-corrected chi connectivity index (χ2v) is 20.4. The van der Waals surface area contributed by atoms with Crippen molar-refractivity contribution in [2.24, 2.45) is 5.41 Å². The van der Waals surface area contributed by atoms with Gasteiger partial charge in [-0.2, -0.15) is 0 Å². The van der Waals surface area contributed by atoms with Crippen molar-refractivity contribution in [2.75, 3.05) is 19.7 Å². The molecule has 352 valence electrons. The fraction of sp³-hybridized carbons (Fsp3) is 0.441. The number of halogens is 1. The highest BCUT2D eigenvalue weighted by molar-refractivity contribution is 6.31. The Balaban J connectivity index is 1.07. The van der Waals surface area contributed by atoms with Crippen LogP contribution in [-0.4, -0.2) is 48.6 Å². The summed E-state index contributed by atoms with van der Waals surface area (Å²) >= 11 is 7.13. The molecular formula is C59H69ClN2O5. The Bertz CT molecular complexity index is 2370. The van der Waals surface area contributed by atoms with Crippen molar-refractivity contribution in [3.63, 3.8) is 0 Å². The van der Waals surface area contributed by atoms with E-state index in [9.17, 15) is 14.4 Å². The second kappa shape index (κ2) is 22.6. The Morgan fingerprint density at radius 1 is 0.672 bits per heavy atom. The molecule has 1 saturated carbocycles. The van der Waals surface area contributed by atoms with Gasteiger partial charge < -0.3 is 19.7 Å². The van der Waals surface area contributed by atoms with Crippen LogP contribution in [0.5, 0.6) is 0 Å². The van der Waals surface area contributed by atoms with Gasteiger partial charge in [0.15, 0.2) is 5.60 Å². The Hall–Kier alpha value is -5.40. The lowest BCUT2D eigenvalue weighted by Crippen LogP contribution is -2.50. The van der Waals surface area contributed by atoms with Gasteiger partial charge in [0.05, 0.1) is 6.42 Å². The lowest BCUT2D eigenvalue weighted by Gasteiger charge is -2.36. The highest BCUT2D eigenvalue weighted by Gasteiger charge is 2.44. The number of alkyl carbamates (subject to hydrolysis) is 1. The maximum atomic E-state index is 14.9. The summed E-state index contributed by atoms with van der Waals surface area (Å²) in [6.45, 7) is 5.34. The zero-order chi connectivity index (χ0) is 46.6. The van der Waals surface area contributed by atoms with Crippen molar-refractivity contribution >= 4 is 29.6 Å². The molecule has 0 spiro atoms. The monoisotopic (exact) mass is 920 g/mol. The van der Waals surface area contributed by atoms with Gasteiger partial charge >= 0.3 is 12.1 Å². The van der Waals surface area contributed by atoms with Crippen molar-refractivity contribution in [3.8, 4) is 11.1 Å². The molecule has 0 aromatic heterocycles. The van der Waals surface area contributed by atoms with Crippen LogP contribution in [-0.2, 0) is 24.7 Å². The largest absolute Gasteiger partial charge is 0.449 e. The van der Waals surface area contributed by atoms with Crippen molar-refractivity contribution in [2.45, 2.75) is 140 Å². The molecule has 0 radical (unpaired) electrons. The number of esters is 1. The molecule has 2 atom stereocenters. The van der Waals surface area contributed by atoms with Gasteiger partial charge in [-0.1, -0.05) is 224 Å². The number of ether oxygens (including phenoxy) is 2. The minimum atomic E-state index is -1.48. The number of hydrogen-bond acceptors (Lipinski definition) is 5. The molecule has 1 saturated heterocycles. The first-order valence-corrected chi connectivity index (χ1v) is 25.5. The number of nitrogens with one attached hydrogen (secondary N) is 1. The van der Waals surface area contributed by atoms with Crippen LogP contribution in [0.25, 0.3) is 11.1 Å². The molecule has 8 rings (SSSR count). The van der Waals surface area contributed by atoms with Gasteiger partial charge in [-0.15, -0.1) is 0 Å².